The van der Waals surface area contributed by atoms with Gasteiger partial charge in [0.2, 0.25) is 0 Å². The molecule has 1 atom stereocenters. The van der Waals surface area contributed by atoms with Crippen molar-refractivity contribution in [3.63, 3.8) is 0 Å². The van der Waals surface area contributed by atoms with E-state index in [4.69, 9.17) is 0 Å². The quantitative estimate of drug-likeness (QED) is 0.832. The Morgan fingerprint density at radius 1 is 1.32 bits per heavy atom. The fraction of sp³-hybridized carbons (Fsp3) is 0.933. The molecule has 1 N–H and O–H groups in total. The Bertz CT molecular complexity index is 261. The number of carbonyl (C=O) groups is 1. The maximum atomic E-state index is 12.3. The molecule has 0 aliphatic carbocycles. The van der Waals surface area contributed by atoms with Crippen LogP contribution in [0.25, 0.3) is 0 Å². The second-order valence-corrected chi connectivity index (χ2v) is 6.71. The van der Waals surface area contributed by atoms with Crippen molar-refractivity contribution >= 4 is 6.03 Å². The number of likely N-dealkylation sites (N-methyl/N-ethyl adjacent to an activating group) is 1. The summed E-state index contributed by atoms with van der Waals surface area (Å²) in [6, 6.07) is 0.376. The van der Waals surface area contributed by atoms with Crippen LogP contribution in [0.3, 0.4) is 0 Å². The number of rotatable bonds is 5. The molecular formula is C15H31N3O. The SMILES string of the molecule is CC(C)CC(CN(C)C)NC(=O)N1CCC(C)CC1. The minimum Gasteiger partial charge on any atom is -0.334 e. The first-order chi connectivity index (χ1) is 8.88. The lowest BCUT2D eigenvalue weighted by atomic mass is 9.99. The third-order valence-electron chi connectivity index (χ3n) is 3.74. The van der Waals surface area contributed by atoms with E-state index in [1.54, 1.807) is 0 Å². The zero-order valence-corrected chi connectivity index (χ0v) is 13.3. The van der Waals surface area contributed by atoms with E-state index in [-0.39, 0.29) is 12.1 Å². The second kappa shape index (κ2) is 7.73. The number of piperidine rings is 1. The Morgan fingerprint density at radius 3 is 2.37 bits per heavy atom. The van der Waals surface area contributed by atoms with Crippen molar-refractivity contribution in [1.82, 2.24) is 15.1 Å². The third kappa shape index (κ3) is 6.28. The number of hydrogen-bond donors (Lipinski definition) is 1. The van der Waals surface area contributed by atoms with Gasteiger partial charge in [0.25, 0.3) is 0 Å². The molecule has 1 fully saturated rings. The van der Waals surface area contributed by atoms with Crippen LogP contribution < -0.4 is 5.32 Å². The normalized spacial score (nSPS) is 19.0. The maximum absolute atomic E-state index is 12.3. The molecule has 0 radical (unpaired) electrons. The Morgan fingerprint density at radius 2 is 1.89 bits per heavy atom. The monoisotopic (exact) mass is 269 g/mol. The largest absolute Gasteiger partial charge is 0.334 e. The molecule has 1 saturated heterocycles. The highest BCUT2D eigenvalue weighted by Gasteiger charge is 2.22. The van der Waals surface area contributed by atoms with Crippen LogP contribution in [0.2, 0.25) is 0 Å². The molecule has 0 spiro atoms. The van der Waals surface area contributed by atoms with Gasteiger partial charge in [-0.3, -0.25) is 0 Å². The highest BCUT2D eigenvalue weighted by atomic mass is 16.2. The molecule has 1 aliphatic rings. The molecule has 0 aromatic heterocycles. The number of urea groups is 1. The van der Waals surface area contributed by atoms with E-state index in [1.807, 2.05) is 4.90 Å². The number of likely N-dealkylation sites (tertiary alicyclic amines) is 1. The van der Waals surface area contributed by atoms with Crippen LogP contribution in [0, 0.1) is 11.8 Å². The smallest absolute Gasteiger partial charge is 0.317 e. The molecule has 2 amide bonds. The molecule has 1 heterocycles. The minimum atomic E-state index is 0.124. The maximum Gasteiger partial charge on any atom is 0.317 e. The number of nitrogens with one attached hydrogen (secondary N) is 1. The van der Waals surface area contributed by atoms with Crippen LogP contribution in [0.1, 0.15) is 40.0 Å². The minimum absolute atomic E-state index is 0.124. The van der Waals surface area contributed by atoms with Gasteiger partial charge in [-0.15, -0.1) is 0 Å². The lowest BCUT2D eigenvalue weighted by Crippen LogP contribution is -2.50. The zero-order valence-electron chi connectivity index (χ0n) is 13.3. The van der Waals surface area contributed by atoms with Crippen molar-refractivity contribution in [1.29, 1.82) is 0 Å². The van der Waals surface area contributed by atoms with Gasteiger partial charge in [-0.2, -0.15) is 0 Å². The van der Waals surface area contributed by atoms with E-state index in [2.05, 4.69) is 45.1 Å². The van der Waals surface area contributed by atoms with Gasteiger partial charge < -0.3 is 15.1 Å². The van der Waals surface area contributed by atoms with Crippen LogP contribution in [0.15, 0.2) is 0 Å². The summed E-state index contributed by atoms with van der Waals surface area (Å²) < 4.78 is 0. The lowest BCUT2D eigenvalue weighted by molar-refractivity contribution is 0.166. The lowest BCUT2D eigenvalue weighted by Gasteiger charge is -2.33. The Labute approximate surface area is 118 Å². The Balaban J connectivity index is 2.45. The summed E-state index contributed by atoms with van der Waals surface area (Å²) >= 11 is 0. The van der Waals surface area contributed by atoms with Crippen LogP contribution in [-0.4, -0.2) is 55.6 Å². The molecule has 4 nitrogen and oxygen atoms in total. The van der Waals surface area contributed by atoms with E-state index in [1.165, 1.54) is 0 Å². The number of amides is 2. The van der Waals surface area contributed by atoms with E-state index in [0.717, 1.165) is 44.8 Å². The first kappa shape index (κ1) is 16.3. The average molecular weight is 269 g/mol. The number of nitrogens with zero attached hydrogens (tertiary/aromatic N) is 2. The zero-order chi connectivity index (χ0) is 14.4. The van der Waals surface area contributed by atoms with Gasteiger partial charge in [-0.05, 0) is 45.2 Å². The van der Waals surface area contributed by atoms with Gasteiger partial charge in [0.1, 0.15) is 0 Å². The molecule has 0 aromatic carbocycles. The Hall–Kier alpha value is -0.770. The summed E-state index contributed by atoms with van der Waals surface area (Å²) in [4.78, 5) is 16.4. The van der Waals surface area contributed by atoms with Crippen LogP contribution in [-0.2, 0) is 0 Å². The number of carbonyl (C=O) groups excluding carboxylic acids is 1. The van der Waals surface area contributed by atoms with Crippen molar-refractivity contribution < 1.29 is 4.79 Å². The molecule has 0 saturated carbocycles. The fourth-order valence-electron chi connectivity index (χ4n) is 2.67. The second-order valence-electron chi connectivity index (χ2n) is 6.71. The van der Waals surface area contributed by atoms with Crippen LogP contribution in [0.4, 0.5) is 4.79 Å². The summed E-state index contributed by atoms with van der Waals surface area (Å²) in [5, 5.41) is 3.21. The molecule has 19 heavy (non-hydrogen) atoms. The molecule has 1 unspecified atom stereocenters. The van der Waals surface area contributed by atoms with Crippen LogP contribution >= 0.6 is 0 Å². The predicted molar refractivity (Wildman–Crippen MR) is 80.3 cm³/mol. The Kier molecular flexibility index (Phi) is 6.63. The predicted octanol–water partition coefficient (Wildman–Crippen LogP) is 2.40. The van der Waals surface area contributed by atoms with Crippen molar-refractivity contribution in [2.75, 3.05) is 33.7 Å². The van der Waals surface area contributed by atoms with Crippen molar-refractivity contribution in [2.45, 2.75) is 46.1 Å². The van der Waals surface area contributed by atoms with E-state index >= 15 is 0 Å². The summed E-state index contributed by atoms with van der Waals surface area (Å²) in [6.45, 7) is 9.40. The van der Waals surface area contributed by atoms with E-state index in [0.29, 0.717) is 5.92 Å². The summed E-state index contributed by atoms with van der Waals surface area (Å²) in [5.74, 6) is 1.36. The fourth-order valence-corrected chi connectivity index (χ4v) is 2.67. The first-order valence-electron chi connectivity index (χ1n) is 7.58. The summed E-state index contributed by atoms with van der Waals surface area (Å²) in [6.07, 6.45) is 3.31. The number of hydrogen-bond acceptors (Lipinski definition) is 2. The molecular weight excluding hydrogens is 238 g/mol. The van der Waals surface area contributed by atoms with Crippen molar-refractivity contribution in [3.8, 4) is 0 Å². The van der Waals surface area contributed by atoms with Gasteiger partial charge >= 0.3 is 6.03 Å². The topological polar surface area (TPSA) is 35.6 Å². The van der Waals surface area contributed by atoms with Crippen molar-refractivity contribution in [2.24, 2.45) is 11.8 Å². The summed E-state index contributed by atoms with van der Waals surface area (Å²) in [7, 11) is 4.12. The standard InChI is InChI=1S/C15H31N3O/c1-12(2)10-14(11-17(4)5)16-15(19)18-8-6-13(3)7-9-18/h12-14H,6-11H2,1-5H3,(H,16,19). The average Bonchev–Trinajstić information content (AvgIpc) is 2.27. The van der Waals surface area contributed by atoms with E-state index in [9.17, 15) is 4.79 Å². The molecule has 4 heteroatoms. The molecule has 1 aliphatic heterocycles. The van der Waals surface area contributed by atoms with E-state index < -0.39 is 0 Å². The molecule has 112 valence electrons. The highest BCUT2D eigenvalue weighted by Crippen LogP contribution is 2.16. The van der Waals surface area contributed by atoms with Gasteiger partial charge in [0.05, 0.1) is 0 Å². The van der Waals surface area contributed by atoms with Crippen molar-refractivity contribution in [3.05, 3.63) is 0 Å². The summed E-state index contributed by atoms with van der Waals surface area (Å²) in [5.41, 5.74) is 0. The molecule has 1 rings (SSSR count). The van der Waals surface area contributed by atoms with Gasteiger partial charge in [-0.1, -0.05) is 20.8 Å². The molecule has 0 bridgehead atoms. The van der Waals surface area contributed by atoms with Gasteiger partial charge in [0, 0.05) is 25.7 Å². The first-order valence-corrected chi connectivity index (χ1v) is 7.58. The highest BCUT2D eigenvalue weighted by molar-refractivity contribution is 5.74. The molecule has 0 aromatic rings. The van der Waals surface area contributed by atoms with Gasteiger partial charge in [-0.25, -0.2) is 4.79 Å². The third-order valence-corrected chi connectivity index (χ3v) is 3.74. The van der Waals surface area contributed by atoms with Crippen LogP contribution in [0.5, 0.6) is 0 Å². The van der Waals surface area contributed by atoms with Gasteiger partial charge in [0.15, 0.2) is 0 Å².